The third-order valence-corrected chi connectivity index (χ3v) is 2.28. The lowest BCUT2D eigenvalue weighted by Crippen LogP contribution is -2.42. The van der Waals surface area contributed by atoms with Crippen molar-refractivity contribution in [3.63, 3.8) is 0 Å². The Morgan fingerprint density at radius 1 is 1.47 bits per heavy atom. The van der Waals surface area contributed by atoms with Gasteiger partial charge in [-0.1, -0.05) is 0 Å². The van der Waals surface area contributed by atoms with Crippen molar-refractivity contribution < 1.29 is 14.3 Å². The number of nitrogens with zero attached hydrogens (tertiary/aromatic N) is 1. The summed E-state index contributed by atoms with van der Waals surface area (Å²) in [6, 6.07) is -0.187. The van der Waals surface area contributed by atoms with Crippen LogP contribution in [-0.4, -0.2) is 50.6 Å². The van der Waals surface area contributed by atoms with Crippen molar-refractivity contribution in [3.8, 4) is 0 Å². The Balaban J connectivity index is 3.78. The minimum absolute atomic E-state index is 0.0300. The van der Waals surface area contributed by atoms with Gasteiger partial charge >= 0.3 is 5.97 Å². The number of rotatable bonds is 6. The maximum Gasteiger partial charge on any atom is 0.305 e. The molecule has 5 nitrogen and oxygen atoms in total. The summed E-state index contributed by atoms with van der Waals surface area (Å²) in [5.41, 5.74) is 0. The van der Waals surface area contributed by atoms with E-state index in [1.165, 1.54) is 7.11 Å². The van der Waals surface area contributed by atoms with Crippen molar-refractivity contribution in [3.05, 3.63) is 0 Å². The molecule has 0 aliphatic rings. The largest absolute Gasteiger partial charge is 0.469 e. The Labute approximate surface area is 90.8 Å². The first kappa shape index (κ1) is 13.9. The standard InChI is InChI=1S/C10H20N2O3/c1-8(11-2)10(14)12(3)7-5-6-9(13)15-4/h8,11H,5-7H2,1-4H3. The molecular formula is C10H20N2O3. The highest BCUT2D eigenvalue weighted by molar-refractivity contribution is 5.81. The Kier molecular flexibility index (Phi) is 6.70. The van der Waals surface area contributed by atoms with Gasteiger partial charge in [0.05, 0.1) is 13.2 Å². The molecule has 0 saturated heterocycles. The molecule has 0 rings (SSSR count). The number of hydrogen-bond donors (Lipinski definition) is 1. The summed E-state index contributed by atoms with van der Waals surface area (Å²) in [6.45, 7) is 2.37. The van der Waals surface area contributed by atoms with E-state index < -0.39 is 0 Å². The number of ether oxygens (including phenoxy) is 1. The van der Waals surface area contributed by atoms with Crippen LogP contribution in [0.15, 0.2) is 0 Å². The lowest BCUT2D eigenvalue weighted by atomic mass is 10.2. The Morgan fingerprint density at radius 3 is 2.53 bits per heavy atom. The van der Waals surface area contributed by atoms with Crippen molar-refractivity contribution in [2.45, 2.75) is 25.8 Å². The molecule has 0 aliphatic heterocycles. The summed E-state index contributed by atoms with van der Waals surface area (Å²) < 4.78 is 4.51. The zero-order chi connectivity index (χ0) is 11.8. The molecule has 0 saturated carbocycles. The van der Waals surface area contributed by atoms with Gasteiger partial charge in [0, 0.05) is 20.0 Å². The third kappa shape index (κ3) is 5.37. The predicted octanol–water partition coefficient (Wildman–Crippen LogP) is 0.00590. The molecule has 15 heavy (non-hydrogen) atoms. The molecule has 1 N–H and O–H groups in total. The lowest BCUT2D eigenvalue weighted by Gasteiger charge is -2.20. The highest BCUT2D eigenvalue weighted by Gasteiger charge is 2.15. The van der Waals surface area contributed by atoms with Gasteiger partial charge in [0.25, 0.3) is 0 Å². The number of carbonyl (C=O) groups excluding carboxylic acids is 2. The number of nitrogens with one attached hydrogen (secondary N) is 1. The van der Waals surface area contributed by atoms with Crippen LogP contribution in [0.2, 0.25) is 0 Å². The molecule has 88 valence electrons. The van der Waals surface area contributed by atoms with Crippen molar-refractivity contribution in [2.24, 2.45) is 0 Å². The van der Waals surface area contributed by atoms with E-state index in [0.29, 0.717) is 19.4 Å². The SMILES string of the molecule is CNC(C)C(=O)N(C)CCCC(=O)OC. The lowest BCUT2D eigenvalue weighted by molar-refractivity contribution is -0.141. The number of amides is 1. The molecule has 0 bridgehead atoms. The van der Waals surface area contributed by atoms with Crippen LogP contribution in [0.1, 0.15) is 19.8 Å². The molecule has 5 heteroatoms. The first-order chi connectivity index (χ1) is 7.02. The highest BCUT2D eigenvalue weighted by Crippen LogP contribution is 1.97. The predicted molar refractivity (Wildman–Crippen MR) is 57.4 cm³/mol. The molecule has 0 aromatic carbocycles. The molecule has 1 amide bonds. The summed E-state index contributed by atoms with van der Waals surface area (Å²) in [6.07, 6.45) is 0.980. The van der Waals surface area contributed by atoms with Crippen LogP contribution < -0.4 is 5.32 Å². The van der Waals surface area contributed by atoms with Crippen LogP contribution in [0, 0.1) is 0 Å². The quantitative estimate of drug-likeness (QED) is 0.635. The second-order valence-corrected chi connectivity index (χ2v) is 3.45. The van der Waals surface area contributed by atoms with E-state index in [1.54, 1.807) is 25.9 Å². The zero-order valence-electron chi connectivity index (χ0n) is 9.87. The first-order valence-corrected chi connectivity index (χ1v) is 5.02. The van der Waals surface area contributed by atoms with Crippen LogP contribution >= 0.6 is 0 Å². The van der Waals surface area contributed by atoms with Crippen molar-refractivity contribution >= 4 is 11.9 Å². The fourth-order valence-corrected chi connectivity index (χ4v) is 1.13. The summed E-state index contributed by atoms with van der Waals surface area (Å²) in [5.74, 6) is -0.208. The maximum absolute atomic E-state index is 11.6. The molecule has 0 aromatic rings. The molecular weight excluding hydrogens is 196 g/mol. The van der Waals surface area contributed by atoms with Crippen molar-refractivity contribution in [2.75, 3.05) is 27.7 Å². The molecule has 1 atom stereocenters. The van der Waals surface area contributed by atoms with Crippen LogP contribution in [0.25, 0.3) is 0 Å². The average molecular weight is 216 g/mol. The molecule has 0 heterocycles. The smallest absolute Gasteiger partial charge is 0.305 e. The van der Waals surface area contributed by atoms with Crippen LogP contribution in [-0.2, 0) is 14.3 Å². The number of esters is 1. The van der Waals surface area contributed by atoms with Gasteiger partial charge < -0.3 is 15.0 Å². The number of methoxy groups -OCH3 is 1. The van der Waals surface area contributed by atoms with E-state index in [4.69, 9.17) is 0 Å². The fraction of sp³-hybridized carbons (Fsp3) is 0.800. The van der Waals surface area contributed by atoms with Gasteiger partial charge in [-0.3, -0.25) is 9.59 Å². The second kappa shape index (κ2) is 7.23. The number of carbonyl (C=O) groups is 2. The third-order valence-electron chi connectivity index (χ3n) is 2.28. The van der Waals surface area contributed by atoms with E-state index in [-0.39, 0.29) is 17.9 Å². The van der Waals surface area contributed by atoms with Crippen LogP contribution in [0.5, 0.6) is 0 Å². The van der Waals surface area contributed by atoms with Gasteiger partial charge in [-0.15, -0.1) is 0 Å². The normalized spacial score (nSPS) is 12.0. The van der Waals surface area contributed by atoms with Crippen molar-refractivity contribution in [1.82, 2.24) is 10.2 Å². The van der Waals surface area contributed by atoms with Gasteiger partial charge in [0.2, 0.25) is 5.91 Å². The monoisotopic (exact) mass is 216 g/mol. The number of hydrogen-bond acceptors (Lipinski definition) is 4. The average Bonchev–Trinajstić information content (AvgIpc) is 2.26. The second-order valence-electron chi connectivity index (χ2n) is 3.45. The highest BCUT2D eigenvalue weighted by atomic mass is 16.5. The molecule has 0 aromatic heterocycles. The van der Waals surface area contributed by atoms with Crippen LogP contribution in [0.4, 0.5) is 0 Å². The van der Waals surface area contributed by atoms with E-state index in [9.17, 15) is 9.59 Å². The summed E-state index contributed by atoms with van der Waals surface area (Å²) >= 11 is 0. The molecule has 0 spiro atoms. The van der Waals surface area contributed by atoms with Gasteiger partial charge in [0.1, 0.15) is 0 Å². The Hall–Kier alpha value is -1.10. The summed E-state index contributed by atoms with van der Waals surface area (Å²) in [5, 5.41) is 2.87. The Morgan fingerprint density at radius 2 is 2.07 bits per heavy atom. The topological polar surface area (TPSA) is 58.6 Å². The molecule has 1 unspecified atom stereocenters. The fourth-order valence-electron chi connectivity index (χ4n) is 1.13. The van der Waals surface area contributed by atoms with Gasteiger partial charge in [-0.25, -0.2) is 0 Å². The van der Waals surface area contributed by atoms with Gasteiger partial charge in [-0.2, -0.15) is 0 Å². The minimum Gasteiger partial charge on any atom is -0.469 e. The zero-order valence-corrected chi connectivity index (χ0v) is 9.87. The minimum atomic E-state index is -0.238. The van der Waals surface area contributed by atoms with E-state index >= 15 is 0 Å². The first-order valence-electron chi connectivity index (χ1n) is 5.02. The molecule has 0 fully saturated rings. The van der Waals surface area contributed by atoms with Crippen LogP contribution in [0.3, 0.4) is 0 Å². The maximum atomic E-state index is 11.6. The molecule has 0 aliphatic carbocycles. The van der Waals surface area contributed by atoms with Crippen molar-refractivity contribution in [1.29, 1.82) is 0 Å². The Bertz CT molecular complexity index is 219. The summed E-state index contributed by atoms with van der Waals surface area (Å²) in [4.78, 5) is 24.0. The molecule has 0 radical (unpaired) electrons. The summed E-state index contributed by atoms with van der Waals surface area (Å²) in [7, 11) is 4.83. The van der Waals surface area contributed by atoms with E-state index in [0.717, 1.165) is 0 Å². The van der Waals surface area contributed by atoms with E-state index in [1.807, 2.05) is 0 Å². The van der Waals surface area contributed by atoms with Gasteiger partial charge in [-0.05, 0) is 20.4 Å². The van der Waals surface area contributed by atoms with E-state index in [2.05, 4.69) is 10.1 Å². The number of likely N-dealkylation sites (N-methyl/N-ethyl adjacent to an activating group) is 2. The van der Waals surface area contributed by atoms with Gasteiger partial charge in [0.15, 0.2) is 0 Å².